The molecule has 22 heavy (non-hydrogen) atoms. The quantitative estimate of drug-likeness (QED) is 0.912. The third kappa shape index (κ3) is 3.11. The highest BCUT2D eigenvalue weighted by atomic mass is 32.2. The Morgan fingerprint density at radius 2 is 2.00 bits per heavy atom. The molecule has 7 nitrogen and oxygen atoms in total. The van der Waals surface area contributed by atoms with E-state index in [9.17, 15) is 13.2 Å². The van der Waals surface area contributed by atoms with Crippen molar-refractivity contribution in [2.45, 2.75) is 13.8 Å². The average Bonchev–Trinajstić information content (AvgIpc) is 2.44. The third-order valence-electron chi connectivity index (χ3n) is 3.24. The SMILES string of the molecule is COc1ccc(NC(=O)C2=CN(C)S(=O)(=O)N=C2C)c(C)c1. The van der Waals surface area contributed by atoms with Gasteiger partial charge in [-0.15, -0.1) is 4.40 Å². The van der Waals surface area contributed by atoms with Gasteiger partial charge in [0, 0.05) is 18.9 Å². The number of carbonyl (C=O) groups is 1. The predicted molar refractivity (Wildman–Crippen MR) is 84.2 cm³/mol. The standard InChI is InChI=1S/C14H17N3O4S/c1-9-7-11(21-4)5-6-13(9)15-14(18)12-8-17(3)22(19,20)16-10(12)2/h5-8H,1-4H3,(H,15,18). The van der Waals surface area contributed by atoms with Crippen LogP contribution in [0, 0.1) is 6.92 Å². The van der Waals surface area contributed by atoms with Gasteiger partial charge in [-0.1, -0.05) is 0 Å². The second kappa shape index (κ2) is 5.80. The summed E-state index contributed by atoms with van der Waals surface area (Å²) in [6.45, 7) is 3.32. The molecule has 1 aromatic carbocycles. The number of anilines is 1. The molecule has 1 aromatic rings. The molecule has 0 radical (unpaired) electrons. The number of rotatable bonds is 3. The van der Waals surface area contributed by atoms with Crippen molar-refractivity contribution in [3.8, 4) is 5.75 Å². The number of nitrogens with one attached hydrogen (secondary N) is 1. The molecule has 118 valence electrons. The molecule has 1 aliphatic heterocycles. The molecule has 2 rings (SSSR count). The molecule has 0 atom stereocenters. The van der Waals surface area contributed by atoms with Gasteiger partial charge in [-0.3, -0.25) is 9.10 Å². The van der Waals surface area contributed by atoms with Crippen LogP contribution in [0.3, 0.4) is 0 Å². The first-order valence-electron chi connectivity index (χ1n) is 6.47. The first-order chi connectivity index (χ1) is 10.2. The maximum atomic E-state index is 12.3. The maximum Gasteiger partial charge on any atom is 0.344 e. The topological polar surface area (TPSA) is 88.1 Å². The lowest BCUT2D eigenvalue weighted by molar-refractivity contribution is -0.112. The van der Waals surface area contributed by atoms with Gasteiger partial charge in [0.25, 0.3) is 5.91 Å². The van der Waals surface area contributed by atoms with Gasteiger partial charge in [0.1, 0.15) is 5.75 Å². The van der Waals surface area contributed by atoms with Crippen molar-refractivity contribution >= 4 is 27.5 Å². The van der Waals surface area contributed by atoms with E-state index in [0.717, 1.165) is 9.87 Å². The van der Waals surface area contributed by atoms with E-state index in [-0.39, 0.29) is 11.3 Å². The largest absolute Gasteiger partial charge is 0.497 e. The second-order valence-corrected chi connectivity index (χ2v) is 6.50. The molecule has 0 fully saturated rings. The Bertz CT molecular complexity index is 781. The Hall–Kier alpha value is -2.35. The Morgan fingerprint density at radius 3 is 2.59 bits per heavy atom. The lowest BCUT2D eigenvalue weighted by Crippen LogP contribution is -2.30. The summed E-state index contributed by atoms with van der Waals surface area (Å²) in [7, 11) is -0.823. The Labute approximate surface area is 129 Å². The van der Waals surface area contributed by atoms with Gasteiger partial charge < -0.3 is 10.1 Å². The van der Waals surface area contributed by atoms with Gasteiger partial charge in [0.2, 0.25) is 0 Å². The normalized spacial score (nSPS) is 16.6. The molecule has 1 amide bonds. The molecule has 0 unspecified atom stereocenters. The first-order valence-corrected chi connectivity index (χ1v) is 7.87. The summed E-state index contributed by atoms with van der Waals surface area (Å²) in [5.74, 6) is 0.271. The van der Waals surface area contributed by atoms with Gasteiger partial charge in [-0.25, -0.2) is 0 Å². The number of hydrogen-bond donors (Lipinski definition) is 1. The summed E-state index contributed by atoms with van der Waals surface area (Å²) in [6.07, 6.45) is 1.26. The zero-order valence-electron chi connectivity index (χ0n) is 12.7. The molecule has 8 heteroatoms. The molecule has 0 bridgehead atoms. The number of methoxy groups -OCH3 is 1. The summed E-state index contributed by atoms with van der Waals surface area (Å²) in [5.41, 5.74) is 1.81. The molecule has 0 saturated carbocycles. The zero-order valence-corrected chi connectivity index (χ0v) is 13.6. The van der Waals surface area contributed by atoms with Crippen molar-refractivity contribution in [3.63, 3.8) is 0 Å². The number of benzene rings is 1. The number of aryl methyl sites for hydroxylation is 1. The van der Waals surface area contributed by atoms with Crippen LogP contribution < -0.4 is 10.1 Å². The molecular formula is C14H17N3O4S. The number of nitrogens with zero attached hydrogens (tertiary/aromatic N) is 2. The minimum Gasteiger partial charge on any atom is -0.497 e. The van der Waals surface area contributed by atoms with Gasteiger partial charge >= 0.3 is 10.2 Å². The fourth-order valence-electron chi connectivity index (χ4n) is 1.94. The fourth-order valence-corrected chi connectivity index (χ4v) is 2.76. The highest BCUT2D eigenvalue weighted by Gasteiger charge is 2.25. The van der Waals surface area contributed by atoms with Gasteiger partial charge in [0.15, 0.2) is 0 Å². The highest BCUT2D eigenvalue weighted by Crippen LogP contribution is 2.22. The molecule has 1 aliphatic rings. The van der Waals surface area contributed by atoms with E-state index in [2.05, 4.69) is 9.71 Å². The molecule has 1 N–H and O–H groups in total. The summed E-state index contributed by atoms with van der Waals surface area (Å²) < 4.78 is 32.8. The number of carbonyl (C=O) groups excluding carboxylic acids is 1. The molecule has 0 spiro atoms. The Kier molecular flexibility index (Phi) is 4.23. The van der Waals surface area contributed by atoms with Crippen molar-refractivity contribution in [2.75, 3.05) is 19.5 Å². The Balaban J connectivity index is 2.25. The van der Waals surface area contributed by atoms with Gasteiger partial charge in [0.05, 0.1) is 18.4 Å². The van der Waals surface area contributed by atoms with Crippen LogP contribution in [0.2, 0.25) is 0 Å². The van der Waals surface area contributed by atoms with Crippen molar-refractivity contribution in [1.29, 1.82) is 0 Å². The van der Waals surface area contributed by atoms with Crippen molar-refractivity contribution in [3.05, 3.63) is 35.5 Å². The molecule has 0 saturated heterocycles. The van der Waals surface area contributed by atoms with Crippen LogP contribution in [0.5, 0.6) is 5.75 Å². The van der Waals surface area contributed by atoms with Gasteiger partial charge in [-0.05, 0) is 37.6 Å². The van der Waals surface area contributed by atoms with Crippen LogP contribution in [0.25, 0.3) is 0 Å². The average molecular weight is 323 g/mol. The second-order valence-electron chi connectivity index (χ2n) is 4.85. The van der Waals surface area contributed by atoms with Gasteiger partial charge in [-0.2, -0.15) is 8.42 Å². The lowest BCUT2D eigenvalue weighted by Gasteiger charge is -2.20. The summed E-state index contributed by atoms with van der Waals surface area (Å²) in [6, 6.07) is 5.25. The van der Waals surface area contributed by atoms with E-state index >= 15 is 0 Å². The summed E-state index contributed by atoms with van der Waals surface area (Å²) in [4.78, 5) is 12.3. The van der Waals surface area contributed by atoms with Crippen LogP contribution >= 0.6 is 0 Å². The maximum absolute atomic E-state index is 12.3. The number of ether oxygens (including phenoxy) is 1. The molecular weight excluding hydrogens is 306 g/mol. The van der Waals surface area contributed by atoms with E-state index in [1.54, 1.807) is 25.3 Å². The predicted octanol–water partition coefficient (Wildman–Crippen LogP) is 1.48. The van der Waals surface area contributed by atoms with E-state index in [1.807, 2.05) is 6.92 Å². The first kappa shape index (κ1) is 16.0. The lowest BCUT2D eigenvalue weighted by atomic mass is 10.1. The van der Waals surface area contributed by atoms with Crippen LogP contribution in [0.15, 0.2) is 34.4 Å². The van der Waals surface area contributed by atoms with E-state index < -0.39 is 16.1 Å². The minimum absolute atomic E-state index is 0.154. The minimum atomic E-state index is -3.72. The van der Waals surface area contributed by atoms with Crippen molar-refractivity contribution in [2.24, 2.45) is 4.40 Å². The Morgan fingerprint density at radius 1 is 1.32 bits per heavy atom. The number of amides is 1. The number of hydrogen-bond acceptors (Lipinski definition) is 4. The van der Waals surface area contributed by atoms with E-state index in [1.165, 1.54) is 20.2 Å². The van der Waals surface area contributed by atoms with Crippen molar-refractivity contribution < 1.29 is 17.9 Å². The smallest absolute Gasteiger partial charge is 0.344 e. The van der Waals surface area contributed by atoms with E-state index in [4.69, 9.17) is 4.74 Å². The highest BCUT2D eigenvalue weighted by molar-refractivity contribution is 7.88. The molecule has 1 heterocycles. The van der Waals surface area contributed by atoms with Crippen LogP contribution in [-0.2, 0) is 15.0 Å². The van der Waals surface area contributed by atoms with E-state index in [0.29, 0.717) is 11.4 Å². The molecule has 0 aromatic heterocycles. The fraction of sp³-hybridized carbons (Fsp3) is 0.286. The van der Waals surface area contributed by atoms with Crippen LogP contribution in [-0.4, -0.2) is 38.5 Å². The monoisotopic (exact) mass is 323 g/mol. The third-order valence-corrected chi connectivity index (χ3v) is 4.58. The zero-order chi connectivity index (χ0) is 16.5. The molecule has 0 aliphatic carbocycles. The van der Waals surface area contributed by atoms with Crippen molar-refractivity contribution in [1.82, 2.24) is 4.31 Å². The van der Waals surface area contributed by atoms with Crippen LogP contribution in [0.1, 0.15) is 12.5 Å². The van der Waals surface area contributed by atoms with Crippen LogP contribution in [0.4, 0.5) is 5.69 Å². The summed E-state index contributed by atoms with van der Waals surface area (Å²) >= 11 is 0. The summed E-state index contributed by atoms with van der Waals surface area (Å²) in [5, 5.41) is 2.74.